The number of hydrogen-bond donors (Lipinski definition) is 0. The Bertz CT molecular complexity index is 5030. The molecule has 0 aliphatic carbocycles. The second-order valence-electron chi connectivity index (χ2n) is 25.9. The Hall–Kier alpha value is -10.3. The van der Waals surface area contributed by atoms with Crippen LogP contribution in [0.2, 0.25) is 0 Å². The Morgan fingerprint density at radius 3 is 1.00 bits per heavy atom. The SMILES string of the molecule is Cc1ccccc1-c1ccc(-c2ccccc2)c(N(c2cc(-c3c(C)cccc3C)ccc2C)c2cc(C(C)C)c3ccc4c(N(c5cc(-c6c(C)cccc6C)ccc5C)c5cc(-c6ccccc6)ccc5-c5ccccc5)cc(C(C)C)c5ccc2c3c54)c1. The Balaban J connectivity index is 1.14. The summed E-state index contributed by atoms with van der Waals surface area (Å²) in [6, 6.07) is 98.6. The first kappa shape index (κ1) is 58.4. The van der Waals surface area contributed by atoms with Crippen LogP contribution in [0.4, 0.5) is 34.1 Å². The molecule has 0 N–H and O–H groups in total. The molecule has 0 fully saturated rings. The van der Waals surface area contributed by atoms with Gasteiger partial charge in [0.2, 0.25) is 0 Å². The molecule has 0 saturated carbocycles. The van der Waals surface area contributed by atoms with Crippen molar-refractivity contribution in [2.45, 2.75) is 88.0 Å². The van der Waals surface area contributed by atoms with Crippen molar-refractivity contribution in [3.05, 3.63) is 311 Å². The Morgan fingerprint density at radius 2 is 0.571 bits per heavy atom. The quantitative estimate of drug-likeness (QED) is 0.100. The van der Waals surface area contributed by atoms with Crippen molar-refractivity contribution < 1.29 is 0 Å². The summed E-state index contributed by atoms with van der Waals surface area (Å²) in [6.07, 6.45) is 0. The van der Waals surface area contributed by atoms with Crippen LogP contribution < -0.4 is 9.80 Å². The molecule has 0 heterocycles. The molecule has 0 spiro atoms. The molecular weight excluding hydrogens is 1100 g/mol. The minimum atomic E-state index is 0.184. The van der Waals surface area contributed by atoms with Crippen LogP contribution in [-0.4, -0.2) is 0 Å². The predicted octanol–water partition coefficient (Wildman–Crippen LogP) is 25.9. The maximum atomic E-state index is 2.65. The smallest absolute Gasteiger partial charge is 0.0546 e. The summed E-state index contributed by atoms with van der Waals surface area (Å²) in [5.41, 5.74) is 32.5. The Kier molecular flexibility index (Phi) is 15.4. The van der Waals surface area contributed by atoms with Crippen molar-refractivity contribution in [3.8, 4) is 66.8 Å². The van der Waals surface area contributed by atoms with Crippen LogP contribution in [0.25, 0.3) is 99.1 Å². The summed E-state index contributed by atoms with van der Waals surface area (Å²) in [4.78, 5) is 5.29. The molecule has 0 aromatic heterocycles. The second-order valence-corrected chi connectivity index (χ2v) is 25.9. The van der Waals surface area contributed by atoms with E-state index in [-0.39, 0.29) is 11.8 Å². The highest BCUT2D eigenvalue weighted by molar-refractivity contribution is 6.30. The van der Waals surface area contributed by atoms with E-state index in [4.69, 9.17) is 0 Å². The predicted molar refractivity (Wildman–Crippen MR) is 393 cm³/mol. The standard InChI is InChI=1S/C89H78N2/c1-55(2)78-53-84(90(80-51-69(39-37-58(80)6)86-60(8)26-23-27-61(86)9)82-49-67(64-30-15-12-16-31-64)41-43-72(82)65-32-17-13-18-33-65)76-47-45-75-79(56(3)4)54-85(77-48-46-74(78)88(76)89(75)77)91(81-52-70(40-38-59(81)7)87-62(10)28-24-29-63(87)11)83-50-68(71-36-22-21-25-57(71)5)42-44-73(83)66-34-19-14-20-35-66/h12-56H,1-11H3. The average Bonchev–Trinajstić information content (AvgIpc) is 0.710. The van der Waals surface area contributed by atoms with Crippen LogP contribution >= 0.6 is 0 Å². The lowest BCUT2D eigenvalue weighted by molar-refractivity contribution is 0.875. The lowest BCUT2D eigenvalue weighted by Gasteiger charge is -2.34. The molecule has 0 amide bonds. The van der Waals surface area contributed by atoms with Gasteiger partial charge in [0.1, 0.15) is 0 Å². The van der Waals surface area contributed by atoms with Crippen LogP contribution in [0.5, 0.6) is 0 Å². The molecule has 2 heteroatoms. The third-order valence-electron chi connectivity index (χ3n) is 19.3. The molecule has 14 rings (SSSR count). The molecule has 0 aliphatic rings. The number of aryl methyl sites for hydroxylation is 7. The van der Waals surface area contributed by atoms with Crippen LogP contribution in [0.1, 0.15) is 89.6 Å². The van der Waals surface area contributed by atoms with E-state index < -0.39 is 0 Å². The fourth-order valence-corrected chi connectivity index (χ4v) is 14.7. The zero-order valence-electron chi connectivity index (χ0n) is 54.4. The van der Waals surface area contributed by atoms with Gasteiger partial charge in [-0.3, -0.25) is 0 Å². The van der Waals surface area contributed by atoms with Gasteiger partial charge in [-0.05, 0) is 224 Å². The first-order valence-electron chi connectivity index (χ1n) is 32.5. The Morgan fingerprint density at radius 1 is 0.220 bits per heavy atom. The number of anilines is 6. The summed E-state index contributed by atoms with van der Waals surface area (Å²) in [5, 5.41) is 7.55. The first-order valence-corrected chi connectivity index (χ1v) is 32.5. The lowest BCUT2D eigenvalue weighted by atomic mass is 9.83. The topological polar surface area (TPSA) is 6.48 Å². The van der Waals surface area contributed by atoms with E-state index in [9.17, 15) is 0 Å². The fraction of sp³-hybridized carbons (Fsp3) is 0.146. The molecular formula is C89H78N2. The van der Waals surface area contributed by atoms with Gasteiger partial charge in [0.05, 0.1) is 22.7 Å². The van der Waals surface area contributed by atoms with Crippen molar-refractivity contribution in [2.24, 2.45) is 0 Å². The molecule has 2 nitrogen and oxygen atoms in total. The lowest BCUT2D eigenvalue weighted by Crippen LogP contribution is -2.15. The summed E-state index contributed by atoms with van der Waals surface area (Å²) < 4.78 is 0. The zero-order chi connectivity index (χ0) is 62.8. The summed E-state index contributed by atoms with van der Waals surface area (Å²) in [7, 11) is 0. The molecule has 14 aromatic carbocycles. The van der Waals surface area contributed by atoms with Crippen molar-refractivity contribution in [1.29, 1.82) is 0 Å². The van der Waals surface area contributed by atoms with E-state index in [0.29, 0.717) is 0 Å². The van der Waals surface area contributed by atoms with Gasteiger partial charge in [-0.2, -0.15) is 0 Å². The highest BCUT2D eigenvalue weighted by Crippen LogP contribution is 2.55. The van der Waals surface area contributed by atoms with Gasteiger partial charge in [0.25, 0.3) is 0 Å². The highest BCUT2D eigenvalue weighted by Gasteiger charge is 2.30. The van der Waals surface area contributed by atoms with Crippen LogP contribution in [-0.2, 0) is 0 Å². The van der Waals surface area contributed by atoms with Gasteiger partial charge in [0.15, 0.2) is 0 Å². The molecule has 14 aromatic rings. The van der Waals surface area contributed by atoms with Crippen LogP contribution in [0, 0.1) is 48.5 Å². The van der Waals surface area contributed by atoms with E-state index in [1.165, 1.54) is 127 Å². The maximum Gasteiger partial charge on any atom is 0.0546 e. The molecule has 0 atom stereocenters. The normalized spacial score (nSPS) is 11.7. The van der Waals surface area contributed by atoms with E-state index in [1.54, 1.807) is 0 Å². The maximum absolute atomic E-state index is 2.65. The van der Waals surface area contributed by atoms with E-state index in [2.05, 4.69) is 347 Å². The minimum absolute atomic E-state index is 0.184. The van der Waals surface area contributed by atoms with Gasteiger partial charge in [-0.1, -0.05) is 252 Å². The largest absolute Gasteiger partial charge is 0.309 e. The average molecular weight is 1180 g/mol. The summed E-state index contributed by atoms with van der Waals surface area (Å²) in [5.74, 6) is 0.369. The molecule has 0 saturated heterocycles. The Labute approximate surface area is 538 Å². The number of hydrogen-bond acceptors (Lipinski definition) is 2. The van der Waals surface area contributed by atoms with Crippen LogP contribution in [0.15, 0.2) is 261 Å². The molecule has 444 valence electrons. The molecule has 0 aliphatic heterocycles. The van der Waals surface area contributed by atoms with E-state index in [0.717, 1.165) is 56.4 Å². The third-order valence-corrected chi connectivity index (χ3v) is 19.3. The number of benzene rings is 14. The van der Waals surface area contributed by atoms with Crippen molar-refractivity contribution in [2.75, 3.05) is 9.80 Å². The summed E-state index contributed by atoms with van der Waals surface area (Å²) >= 11 is 0. The first-order chi connectivity index (χ1) is 44.2. The molecule has 0 radical (unpaired) electrons. The number of nitrogens with zero attached hydrogens (tertiary/aromatic N) is 2. The van der Waals surface area contributed by atoms with Gasteiger partial charge in [-0.15, -0.1) is 0 Å². The van der Waals surface area contributed by atoms with Crippen molar-refractivity contribution in [1.82, 2.24) is 0 Å². The van der Waals surface area contributed by atoms with Crippen LogP contribution in [0.3, 0.4) is 0 Å². The second kappa shape index (κ2) is 23.9. The molecule has 0 unspecified atom stereocenters. The summed E-state index contributed by atoms with van der Waals surface area (Å²) in [6.45, 7) is 25.3. The minimum Gasteiger partial charge on any atom is -0.309 e. The number of rotatable bonds is 14. The van der Waals surface area contributed by atoms with E-state index >= 15 is 0 Å². The fourth-order valence-electron chi connectivity index (χ4n) is 14.7. The van der Waals surface area contributed by atoms with Gasteiger partial charge in [0, 0.05) is 33.3 Å². The van der Waals surface area contributed by atoms with Crippen molar-refractivity contribution in [3.63, 3.8) is 0 Å². The highest BCUT2D eigenvalue weighted by atomic mass is 15.2. The monoisotopic (exact) mass is 1170 g/mol. The zero-order valence-corrected chi connectivity index (χ0v) is 54.4. The third kappa shape index (κ3) is 10.4. The van der Waals surface area contributed by atoms with Gasteiger partial charge in [-0.25, -0.2) is 0 Å². The van der Waals surface area contributed by atoms with Gasteiger partial charge < -0.3 is 9.80 Å². The van der Waals surface area contributed by atoms with E-state index in [1.807, 2.05) is 0 Å². The molecule has 91 heavy (non-hydrogen) atoms. The van der Waals surface area contributed by atoms with Gasteiger partial charge >= 0.3 is 0 Å². The van der Waals surface area contributed by atoms with Crippen molar-refractivity contribution >= 4 is 66.4 Å². The molecule has 0 bridgehead atoms.